The van der Waals surface area contributed by atoms with Gasteiger partial charge in [-0.1, -0.05) is 25.3 Å². The number of thiocarbonyl (C=S) groups is 1. The highest BCUT2D eigenvalue weighted by molar-refractivity contribution is 7.80. The molecule has 5 rings (SSSR count). The zero-order chi connectivity index (χ0) is 21.8. The molecule has 172 valence electrons. The van der Waals surface area contributed by atoms with E-state index in [1.54, 1.807) is 0 Å². The first-order valence-corrected chi connectivity index (χ1v) is 12.7. The third-order valence-electron chi connectivity index (χ3n) is 7.25. The maximum absolute atomic E-state index is 5.84. The Labute approximate surface area is 196 Å². The lowest BCUT2D eigenvalue weighted by Crippen LogP contribution is -2.38. The van der Waals surface area contributed by atoms with Gasteiger partial charge in [-0.05, 0) is 55.2 Å². The maximum Gasteiger partial charge on any atom is 0.170 e. The number of nitrogens with zero attached hydrogens (tertiary/aromatic N) is 4. The Morgan fingerprint density at radius 2 is 1.91 bits per heavy atom. The fourth-order valence-corrected chi connectivity index (χ4v) is 5.84. The monoisotopic (exact) mass is 453 g/mol. The number of ether oxygens (including phenoxy) is 1. The van der Waals surface area contributed by atoms with Crippen molar-refractivity contribution in [2.75, 3.05) is 39.4 Å². The average Bonchev–Trinajstić information content (AvgIpc) is 3.46. The lowest BCUT2D eigenvalue weighted by Gasteiger charge is -2.30. The van der Waals surface area contributed by atoms with Crippen LogP contribution in [-0.2, 0) is 4.74 Å². The Bertz CT molecular complexity index is 875. The molecule has 32 heavy (non-hydrogen) atoms. The molecule has 2 aromatic rings. The van der Waals surface area contributed by atoms with Crippen molar-refractivity contribution in [3.8, 4) is 0 Å². The molecule has 0 amide bonds. The van der Waals surface area contributed by atoms with Crippen LogP contribution in [0.25, 0.3) is 0 Å². The van der Waals surface area contributed by atoms with Crippen LogP contribution in [0, 0.1) is 0 Å². The fourth-order valence-electron chi connectivity index (χ4n) is 5.51. The maximum atomic E-state index is 5.84. The third kappa shape index (κ3) is 4.85. The standard InChI is InChI=1S/C25H35N5OS/c32-25-27-23(22-9-4-5-11-26-22)24(30(25)13-6-12-28-15-17-31-18-16-28)20-10-14-29(19-20)21-7-2-1-3-8-21/h4-5,9-11,14,19,21,23-24H,1-3,6-8,12-13,15-18H2,(H,27,32). The first-order valence-electron chi connectivity index (χ1n) is 12.2. The summed E-state index contributed by atoms with van der Waals surface area (Å²) < 4.78 is 7.95. The Morgan fingerprint density at radius 3 is 2.69 bits per heavy atom. The molecule has 2 atom stereocenters. The summed E-state index contributed by atoms with van der Waals surface area (Å²) in [5.41, 5.74) is 2.39. The lowest BCUT2D eigenvalue weighted by atomic mass is 9.95. The molecule has 3 aliphatic rings. The summed E-state index contributed by atoms with van der Waals surface area (Å²) in [6.07, 6.45) is 14.3. The molecule has 1 N–H and O–H groups in total. The zero-order valence-corrected chi connectivity index (χ0v) is 19.7. The highest BCUT2D eigenvalue weighted by Crippen LogP contribution is 2.39. The van der Waals surface area contributed by atoms with Crippen LogP contribution in [0.15, 0.2) is 42.9 Å². The Balaban J connectivity index is 1.35. The van der Waals surface area contributed by atoms with E-state index in [4.69, 9.17) is 17.0 Å². The van der Waals surface area contributed by atoms with Crippen molar-refractivity contribution in [1.29, 1.82) is 0 Å². The summed E-state index contributed by atoms with van der Waals surface area (Å²) in [6.45, 7) is 5.81. The van der Waals surface area contributed by atoms with Gasteiger partial charge in [-0.3, -0.25) is 9.88 Å². The highest BCUT2D eigenvalue weighted by atomic mass is 32.1. The van der Waals surface area contributed by atoms with Gasteiger partial charge in [-0.2, -0.15) is 0 Å². The van der Waals surface area contributed by atoms with Crippen LogP contribution in [0.4, 0.5) is 0 Å². The molecule has 0 aromatic carbocycles. The molecule has 0 bridgehead atoms. The minimum atomic E-state index is 0.0780. The van der Waals surface area contributed by atoms with E-state index in [0.29, 0.717) is 6.04 Å². The zero-order valence-electron chi connectivity index (χ0n) is 18.9. The Morgan fingerprint density at radius 1 is 1.06 bits per heavy atom. The van der Waals surface area contributed by atoms with Crippen molar-refractivity contribution in [2.24, 2.45) is 0 Å². The van der Waals surface area contributed by atoms with Crippen LogP contribution in [0.5, 0.6) is 0 Å². The summed E-state index contributed by atoms with van der Waals surface area (Å²) in [5, 5.41) is 4.44. The summed E-state index contributed by atoms with van der Waals surface area (Å²) in [4.78, 5) is 9.58. The van der Waals surface area contributed by atoms with E-state index >= 15 is 0 Å². The fraction of sp³-hybridized carbons (Fsp3) is 0.600. The van der Waals surface area contributed by atoms with Crippen LogP contribution in [0.2, 0.25) is 0 Å². The minimum Gasteiger partial charge on any atom is -0.379 e. The van der Waals surface area contributed by atoms with Crippen molar-refractivity contribution < 1.29 is 4.74 Å². The quantitative estimate of drug-likeness (QED) is 0.638. The van der Waals surface area contributed by atoms with Crippen LogP contribution in [-0.4, -0.2) is 63.9 Å². The number of morpholine rings is 1. The number of hydrogen-bond donors (Lipinski definition) is 1. The van der Waals surface area contributed by atoms with E-state index in [1.165, 1.54) is 37.7 Å². The van der Waals surface area contributed by atoms with Gasteiger partial charge in [0.15, 0.2) is 5.11 Å². The second-order valence-corrected chi connectivity index (χ2v) is 9.70. The molecule has 3 fully saturated rings. The van der Waals surface area contributed by atoms with Gasteiger partial charge in [0.05, 0.1) is 31.0 Å². The summed E-state index contributed by atoms with van der Waals surface area (Å²) in [5.74, 6) is 0. The smallest absolute Gasteiger partial charge is 0.170 e. The highest BCUT2D eigenvalue weighted by Gasteiger charge is 2.40. The topological polar surface area (TPSA) is 45.6 Å². The molecule has 4 heterocycles. The second-order valence-electron chi connectivity index (χ2n) is 9.31. The van der Waals surface area contributed by atoms with Crippen molar-refractivity contribution in [2.45, 2.75) is 56.7 Å². The summed E-state index contributed by atoms with van der Waals surface area (Å²) in [7, 11) is 0. The number of hydrogen-bond acceptors (Lipinski definition) is 4. The molecule has 2 aliphatic heterocycles. The Hall–Kier alpha value is -1.96. The van der Waals surface area contributed by atoms with Crippen LogP contribution < -0.4 is 5.32 Å². The van der Waals surface area contributed by atoms with Gasteiger partial charge >= 0.3 is 0 Å². The predicted octanol–water partition coefficient (Wildman–Crippen LogP) is 4.08. The van der Waals surface area contributed by atoms with Crippen LogP contribution in [0.1, 0.15) is 67.9 Å². The molecule has 0 spiro atoms. The SMILES string of the molecule is S=C1NC(c2ccccn2)C(c2ccn(C3CCCCC3)c2)N1CCCN1CCOCC1. The molecule has 6 nitrogen and oxygen atoms in total. The van der Waals surface area contributed by atoms with Gasteiger partial charge in [0.25, 0.3) is 0 Å². The number of rotatable bonds is 7. The van der Waals surface area contributed by atoms with Gasteiger partial charge < -0.3 is 19.5 Å². The lowest BCUT2D eigenvalue weighted by molar-refractivity contribution is 0.0365. The molecular weight excluding hydrogens is 418 g/mol. The number of pyridine rings is 1. The molecule has 2 unspecified atom stereocenters. The van der Waals surface area contributed by atoms with E-state index in [1.807, 2.05) is 12.3 Å². The van der Waals surface area contributed by atoms with E-state index in [2.05, 4.69) is 55.3 Å². The molecule has 1 saturated carbocycles. The first kappa shape index (κ1) is 21.9. The van der Waals surface area contributed by atoms with Crippen molar-refractivity contribution in [3.05, 3.63) is 54.1 Å². The van der Waals surface area contributed by atoms with Crippen molar-refractivity contribution >= 4 is 17.3 Å². The average molecular weight is 454 g/mol. The van der Waals surface area contributed by atoms with E-state index in [9.17, 15) is 0 Å². The van der Waals surface area contributed by atoms with Gasteiger partial charge in [0.2, 0.25) is 0 Å². The van der Waals surface area contributed by atoms with Gasteiger partial charge in [0, 0.05) is 50.8 Å². The molecular formula is C25H35N5OS. The minimum absolute atomic E-state index is 0.0780. The first-order chi connectivity index (χ1) is 15.8. The summed E-state index contributed by atoms with van der Waals surface area (Å²) in [6, 6.07) is 9.36. The number of nitrogens with one attached hydrogen (secondary N) is 1. The van der Waals surface area contributed by atoms with Gasteiger partial charge in [0.1, 0.15) is 0 Å². The predicted molar refractivity (Wildman–Crippen MR) is 131 cm³/mol. The van der Waals surface area contributed by atoms with E-state index < -0.39 is 0 Å². The molecule has 2 saturated heterocycles. The van der Waals surface area contributed by atoms with Gasteiger partial charge in [-0.25, -0.2) is 0 Å². The second kappa shape index (κ2) is 10.3. The van der Waals surface area contributed by atoms with Crippen molar-refractivity contribution in [1.82, 2.24) is 24.7 Å². The van der Waals surface area contributed by atoms with Crippen LogP contribution >= 0.6 is 12.2 Å². The Kier molecular flexibility index (Phi) is 7.05. The van der Waals surface area contributed by atoms with Crippen molar-refractivity contribution in [3.63, 3.8) is 0 Å². The normalized spacial score (nSPS) is 25.2. The molecule has 1 aliphatic carbocycles. The number of aromatic nitrogens is 2. The van der Waals surface area contributed by atoms with E-state index in [0.717, 1.165) is 56.6 Å². The molecule has 2 aromatic heterocycles. The largest absolute Gasteiger partial charge is 0.379 e. The van der Waals surface area contributed by atoms with Gasteiger partial charge in [-0.15, -0.1) is 0 Å². The third-order valence-corrected chi connectivity index (χ3v) is 7.60. The van der Waals surface area contributed by atoms with E-state index in [-0.39, 0.29) is 12.1 Å². The molecule has 7 heteroatoms. The summed E-state index contributed by atoms with van der Waals surface area (Å²) >= 11 is 5.84. The van der Waals surface area contributed by atoms with Crippen LogP contribution in [0.3, 0.4) is 0 Å². The molecule has 0 radical (unpaired) electrons.